The Morgan fingerprint density at radius 3 is 2.39 bits per heavy atom. The maximum absolute atomic E-state index is 5.17. The average Bonchev–Trinajstić information content (AvgIpc) is 2.42. The van der Waals surface area contributed by atoms with Gasteiger partial charge in [-0.3, -0.25) is 9.80 Å². The van der Waals surface area contributed by atoms with Crippen molar-refractivity contribution in [2.24, 2.45) is 0 Å². The number of ether oxygens (including phenoxy) is 2. The Labute approximate surface area is 111 Å². The van der Waals surface area contributed by atoms with Gasteiger partial charge in [0.25, 0.3) is 0 Å². The minimum atomic E-state index is 0.814. The molecule has 0 bridgehead atoms. The first kappa shape index (κ1) is 15.9. The lowest BCUT2D eigenvalue weighted by atomic mass is 10.3. The van der Waals surface area contributed by atoms with Gasteiger partial charge in [0, 0.05) is 73.2 Å². The monoisotopic (exact) mass is 259 g/mol. The predicted molar refractivity (Wildman–Crippen MR) is 74.1 cm³/mol. The fraction of sp³-hybridized carbons (Fsp3) is 1.00. The Morgan fingerprint density at radius 1 is 1.00 bits per heavy atom. The van der Waals surface area contributed by atoms with E-state index in [-0.39, 0.29) is 0 Å². The highest BCUT2D eigenvalue weighted by molar-refractivity contribution is 4.69. The number of piperazine rings is 1. The summed E-state index contributed by atoms with van der Waals surface area (Å²) in [5.74, 6) is 0. The number of nitrogens with zero attached hydrogens (tertiary/aromatic N) is 2. The molecule has 0 unspecified atom stereocenters. The third-order valence-electron chi connectivity index (χ3n) is 3.38. The Hall–Kier alpha value is -0.200. The van der Waals surface area contributed by atoms with Crippen molar-refractivity contribution in [3.8, 4) is 0 Å². The third kappa shape index (κ3) is 7.28. The van der Waals surface area contributed by atoms with Gasteiger partial charge in [-0.1, -0.05) is 0 Å². The molecule has 0 spiro atoms. The maximum Gasteiger partial charge on any atom is 0.0589 e. The van der Waals surface area contributed by atoms with Gasteiger partial charge in [0.15, 0.2) is 0 Å². The predicted octanol–water partition coefficient (Wildman–Crippen LogP) is -0.123. The molecule has 1 rings (SSSR count). The molecule has 0 radical (unpaired) electrons. The van der Waals surface area contributed by atoms with Crippen LogP contribution in [0.1, 0.15) is 6.42 Å². The molecule has 18 heavy (non-hydrogen) atoms. The molecule has 1 saturated heterocycles. The van der Waals surface area contributed by atoms with E-state index in [1.165, 1.54) is 19.6 Å². The van der Waals surface area contributed by atoms with Crippen molar-refractivity contribution < 1.29 is 9.47 Å². The van der Waals surface area contributed by atoms with Crippen LogP contribution in [0.4, 0.5) is 0 Å². The molecule has 1 heterocycles. The summed E-state index contributed by atoms with van der Waals surface area (Å²) in [6.45, 7) is 10.7. The van der Waals surface area contributed by atoms with Crippen molar-refractivity contribution in [3.63, 3.8) is 0 Å². The van der Waals surface area contributed by atoms with E-state index in [9.17, 15) is 0 Å². The molecule has 1 aliphatic heterocycles. The number of nitrogens with one attached hydrogen (secondary N) is 1. The second-order valence-electron chi connectivity index (χ2n) is 4.77. The fourth-order valence-electron chi connectivity index (χ4n) is 2.21. The molecule has 1 fully saturated rings. The van der Waals surface area contributed by atoms with Crippen LogP contribution in [0.3, 0.4) is 0 Å². The van der Waals surface area contributed by atoms with Gasteiger partial charge in [0.2, 0.25) is 0 Å². The van der Waals surface area contributed by atoms with Crippen molar-refractivity contribution >= 4 is 0 Å². The first-order valence-electron chi connectivity index (χ1n) is 7.00. The molecule has 0 saturated carbocycles. The van der Waals surface area contributed by atoms with Gasteiger partial charge in [-0.25, -0.2) is 0 Å². The highest BCUT2D eigenvalue weighted by Gasteiger charge is 2.11. The van der Waals surface area contributed by atoms with Gasteiger partial charge in [-0.2, -0.15) is 0 Å². The minimum Gasteiger partial charge on any atom is -0.385 e. The van der Waals surface area contributed by atoms with Crippen LogP contribution in [0.2, 0.25) is 0 Å². The smallest absolute Gasteiger partial charge is 0.0589 e. The summed E-state index contributed by atoms with van der Waals surface area (Å²) in [4.78, 5) is 5.01. The van der Waals surface area contributed by atoms with Crippen LogP contribution < -0.4 is 5.32 Å². The molecule has 0 aromatic rings. The van der Waals surface area contributed by atoms with E-state index >= 15 is 0 Å². The number of hydrogen-bond acceptors (Lipinski definition) is 5. The van der Waals surface area contributed by atoms with Crippen LogP contribution in [0.5, 0.6) is 0 Å². The van der Waals surface area contributed by atoms with Gasteiger partial charge >= 0.3 is 0 Å². The van der Waals surface area contributed by atoms with E-state index in [2.05, 4.69) is 15.1 Å². The minimum absolute atomic E-state index is 0.814. The topological polar surface area (TPSA) is 37.0 Å². The van der Waals surface area contributed by atoms with Crippen molar-refractivity contribution in [3.05, 3.63) is 0 Å². The Bertz CT molecular complexity index is 187. The lowest BCUT2D eigenvalue weighted by molar-refractivity contribution is 0.120. The lowest BCUT2D eigenvalue weighted by Crippen LogP contribution is -2.46. The summed E-state index contributed by atoms with van der Waals surface area (Å²) in [5.41, 5.74) is 0. The highest BCUT2D eigenvalue weighted by atomic mass is 16.5. The summed E-state index contributed by atoms with van der Waals surface area (Å²) < 4.78 is 10.3. The van der Waals surface area contributed by atoms with E-state index in [0.717, 1.165) is 52.4 Å². The summed E-state index contributed by atoms with van der Waals surface area (Å²) in [7, 11) is 3.53. The summed E-state index contributed by atoms with van der Waals surface area (Å²) in [5, 5.41) is 3.39. The molecule has 1 N–H and O–H groups in total. The van der Waals surface area contributed by atoms with E-state index in [1.54, 1.807) is 14.2 Å². The molecule has 108 valence electrons. The standard InChI is InChI=1S/C13H29N3O2/c1-17-12-3-6-15(11-13-18-2)9-10-16-7-4-14-5-8-16/h14H,3-13H2,1-2H3. The van der Waals surface area contributed by atoms with E-state index in [0.29, 0.717) is 0 Å². The van der Waals surface area contributed by atoms with Gasteiger partial charge in [0.1, 0.15) is 0 Å². The van der Waals surface area contributed by atoms with Gasteiger partial charge in [-0.15, -0.1) is 0 Å². The molecular weight excluding hydrogens is 230 g/mol. The van der Waals surface area contributed by atoms with Crippen LogP contribution in [0, 0.1) is 0 Å². The number of hydrogen-bond donors (Lipinski definition) is 1. The molecule has 0 aromatic carbocycles. The van der Waals surface area contributed by atoms with Crippen LogP contribution >= 0.6 is 0 Å². The van der Waals surface area contributed by atoms with Gasteiger partial charge in [0.05, 0.1) is 6.61 Å². The van der Waals surface area contributed by atoms with Crippen LogP contribution in [0.25, 0.3) is 0 Å². The zero-order valence-electron chi connectivity index (χ0n) is 12.0. The van der Waals surface area contributed by atoms with Crippen LogP contribution in [0.15, 0.2) is 0 Å². The third-order valence-corrected chi connectivity index (χ3v) is 3.38. The molecule has 5 nitrogen and oxygen atoms in total. The van der Waals surface area contributed by atoms with E-state index < -0.39 is 0 Å². The first-order chi connectivity index (χ1) is 8.86. The Morgan fingerprint density at radius 2 is 1.72 bits per heavy atom. The molecule has 1 aliphatic rings. The first-order valence-corrected chi connectivity index (χ1v) is 7.00. The van der Waals surface area contributed by atoms with Crippen molar-refractivity contribution in [1.29, 1.82) is 0 Å². The van der Waals surface area contributed by atoms with Crippen LogP contribution in [-0.2, 0) is 9.47 Å². The number of methoxy groups -OCH3 is 2. The molecule has 5 heteroatoms. The average molecular weight is 259 g/mol. The van der Waals surface area contributed by atoms with Crippen molar-refractivity contribution in [2.75, 3.05) is 79.8 Å². The Kier molecular flexibility index (Phi) is 9.42. The van der Waals surface area contributed by atoms with Crippen molar-refractivity contribution in [2.45, 2.75) is 6.42 Å². The zero-order chi connectivity index (χ0) is 13.1. The Balaban J connectivity index is 2.16. The van der Waals surface area contributed by atoms with Gasteiger partial charge in [-0.05, 0) is 6.42 Å². The van der Waals surface area contributed by atoms with Gasteiger partial charge < -0.3 is 14.8 Å². The number of rotatable bonds is 10. The quantitative estimate of drug-likeness (QED) is 0.554. The second kappa shape index (κ2) is 10.7. The molecule has 0 atom stereocenters. The molecular formula is C13H29N3O2. The lowest BCUT2D eigenvalue weighted by Gasteiger charge is -2.30. The SMILES string of the molecule is COCCCN(CCOC)CCN1CCNCC1. The van der Waals surface area contributed by atoms with E-state index in [4.69, 9.17) is 9.47 Å². The summed E-state index contributed by atoms with van der Waals surface area (Å²) in [6.07, 6.45) is 1.10. The second-order valence-corrected chi connectivity index (χ2v) is 4.77. The van der Waals surface area contributed by atoms with Crippen molar-refractivity contribution in [1.82, 2.24) is 15.1 Å². The molecule has 0 aliphatic carbocycles. The largest absolute Gasteiger partial charge is 0.385 e. The highest BCUT2D eigenvalue weighted by Crippen LogP contribution is 1.97. The molecule has 0 amide bonds. The normalized spacial score (nSPS) is 17.5. The summed E-state index contributed by atoms with van der Waals surface area (Å²) in [6, 6.07) is 0. The maximum atomic E-state index is 5.17. The zero-order valence-corrected chi connectivity index (χ0v) is 12.0. The fourth-order valence-corrected chi connectivity index (χ4v) is 2.21. The van der Waals surface area contributed by atoms with E-state index in [1.807, 2.05) is 0 Å². The molecule has 0 aromatic heterocycles. The van der Waals surface area contributed by atoms with Crippen LogP contribution in [-0.4, -0.2) is 89.6 Å². The summed E-state index contributed by atoms with van der Waals surface area (Å²) >= 11 is 0.